The van der Waals surface area contributed by atoms with Gasteiger partial charge in [0.05, 0.1) is 0 Å². The molecular formula is C14H21F2NO3. The second kappa shape index (κ2) is 6.06. The van der Waals surface area contributed by atoms with E-state index in [4.69, 9.17) is 5.11 Å². The number of carboxylic acids is 1. The van der Waals surface area contributed by atoms with E-state index in [0.717, 1.165) is 12.8 Å². The summed E-state index contributed by atoms with van der Waals surface area (Å²) in [6.45, 7) is 0.429. The van der Waals surface area contributed by atoms with Gasteiger partial charge in [-0.25, -0.2) is 13.6 Å². The molecule has 1 aliphatic carbocycles. The standard InChI is InChI=1S/C14H21F2NO3/c15-14(16)6-3-4-10(9-14)8-12(18)17-7-2-1-5-11(17)13(19)20/h10-11H,1-9H2,(H,19,20)/t10?,11-/m1/s1. The quantitative estimate of drug-likeness (QED) is 0.869. The zero-order valence-electron chi connectivity index (χ0n) is 11.5. The van der Waals surface area contributed by atoms with Crippen LogP contribution in [0.4, 0.5) is 8.78 Å². The summed E-state index contributed by atoms with van der Waals surface area (Å²) in [5, 5.41) is 9.13. The van der Waals surface area contributed by atoms with Gasteiger partial charge in [-0.05, 0) is 38.0 Å². The normalized spacial score (nSPS) is 30.0. The Balaban J connectivity index is 1.94. The summed E-state index contributed by atoms with van der Waals surface area (Å²) in [7, 11) is 0. The number of hydrogen-bond donors (Lipinski definition) is 1. The molecule has 0 spiro atoms. The van der Waals surface area contributed by atoms with Gasteiger partial charge in [-0.2, -0.15) is 0 Å². The van der Waals surface area contributed by atoms with Gasteiger partial charge in [-0.15, -0.1) is 0 Å². The summed E-state index contributed by atoms with van der Waals surface area (Å²) in [6, 6.07) is -0.777. The van der Waals surface area contributed by atoms with E-state index < -0.39 is 17.9 Å². The summed E-state index contributed by atoms with van der Waals surface area (Å²) >= 11 is 0. The number of aliphatic carboxylic acids is 1. The number of rotatable bonds is 3. The van der Waals surface area contributed by atoms with Crippen molar-refractivity contribution in [2.45, 2.75) is 63.3 Å². The zero-order valence-corrected chi connectivity index (χ0v) is 11.5. The van der Waals surface area contributed by atoms with Crippen LogP contribution in [-0.2, 0) is 9.59 Å². The second-order valence-corrected chi connectivity index (χ2v) is 5.96. The van der Waals surface area contributed by atoms with Crippen molar-refractivity contribution in [2.75, 3.05) is 6.54 Å². The summed E-state index contributed by atoms with van der Waals surface area (Å²) in [5.41, 5.74) is 0. The Morgan fingerprint density at radius 3 is 2.60 bits per heavy atom. The molecule has 1 unspecified atom stereocenters. The average molecular weight is 289 g/mol. The van der Waals surface area contributed by atoms with Crippen molar-refractivity contribution in [1.29, 1.82) is 0 Å². The number of piperidine rings is 1. The van der Waals surface area contributed by atoms with Gasteiger partial charge in [0.1, 0.15) is 6.04 Å². The van der Waals surface area contributed by atoms with Gasteiger partial charge >= 0.3 is 5.97 Å². The van der Waals surface area contributed by atoms with Crippen LogP contribution in [0.2, 0.25) is 0 Å². The Morgan fingerprint density at radius 1 is 1.20 bits per heavy atom. The molecule has 0 bridgehead atoms. The lowest BCUT2D eigenvalue weighted by atomic mass is 9.84. The summed E-state index contributed by atoms with van der Waals surface area (Å²) < 4.78 is 26.7. The third-order valence-electron chi connectivity index (χ3n) is 4.31. The summed E-state index contributed by atoms with van der Waals surface area (Å²) in [4.78, 5) is 24.7. The van der Waals surface area contributed by atoms with Crippen LogP contribution in [0, 0.1) is 5.92 Å². The predicted molar refractivity (Wildman–Crippen MR) is 68.5 cm³/mol. The molecule has 20 heavy (non-hydrogen) atoms. The third-order valence-corrected chi connectivity index (χ3v) is 4.31. The van der Waals surface area contributed by atoms with E-state index in [2.05, 4.69) is 0 Å². The van der Waals surface area contributed by atoms with E-state index in [1.807, 2.05) is 0 Å². The Labute approximate surface area is 117 Å². The first-order chi connectivity index (χ1) is 9.39. The minimum atomic E-state index is -2.67. The highest BCUT2D eigenvalue weighted by molar-refractivity contribution is 5.84. The van der Waals surface area contributed by atoms with Gasteiger partial charge < -0.3 is 10.0 Å². The molecule has 1 saturated heterocycles. The van der Waals surface area contributed by atoms with Crippen LogP contribution in [0.5, 0.6) is 0 Å². The number of likely N-dealkylation sites (tertiary alicyclic amines) is 1. The van der Waals surface area contributed by atoms with Crippen molar-refractivity contribution in [3.8, 4) is 0 Å². The monoisotopic (exact) mass is 289 g/mol. The topological polar surface area (TPSA) is 57.6 Å². The van der Waals surface area contributed by atoms with Crippen LogP contribution in [0.1, 0.15) is 51.4 Å². The van der Waals surface area contributed by atoms with Gasteiger partial charge in [0, 0.05) is 25.8 Å². The van der Waals surface area contributed by atoms with Gasteiger partial charge in [0.25, 0.3) is 0 Å². The van der Waals surface area contributed by atoms with Crippen LogP contribution in [0.25, 0.3) is 0 Å². The molecule has 1 N–H and O–H groups in total. The maximum atomic E-state index is 13.3. The van der Waals surface area contributed by atoms with Crippen LogP contribution >= 0.6 is 0 Å². The van der Waals surface area contributed by atoms with Crippen LogP contribution < -0.4 is 0 Å². The van der Waals surface area contributed by atoms with Crippen molar-refractivity contribution in [1.82, 2.24) is 4.90 Å². The summed E-state index contributed by atoms with van der Waals surface area (Å²) in [5.74, 6) is -4.26. The number of carbonyl (C=O) groups excluding carboxylic acids is 1. The lowest BCUT2D eigenvalue weighted by Gasteiger charge is -2.35. The van der Waals surface area contributed by atoms with Gasteiger partial charge in [0.2, 0.25) is 11.8 Å². The van der Waals surface area contributed by atoms with E-state index in [-0.39, 0.29) is 31.1 Å². The second-order valence-electron chi connectivity index (χ2n) is 5.96. The molecule has 1 aliphatic heterocycles. The fourth-order valence-electron chi connectivity index (χ4n) is 3.30. The Kier molecular flexibility index (Phi) is 4.60. The first-order valence-electron chi connectivity index (χ1n) is 7.29. The highest BCUT2D eigenvalue weighted by Crippen LogP contribution is 2.38. The highest BCUT2D eigenvalue weighted by atomic mass is 19.3. The van der Waals surface area contributed by atoms with Gasteiger partial charge in [-0.3, -0.25) is 4.79 Å². The Hall–Kier alpha value is -1.20. The molecule has 0 aromatic carbocycles. The molecule has 4 nitrogen and oxygen atoms in total. The molecule has 2 atom stereocenters. The van der Waals surface area contributed by atoms with Crippen molar-refractivity contribution in [3.63, 3.8) is 0 Å². The number of nitrogens with zero attached hydrogens (tertiary/aromatic N) is 1. The SMILES string of the molecule is O=C(O)[C@H]1CCCCN1C(=O)CC1CCCC(F)(F)C1. The van der Waals surface area contributed by atoms with E-state index >= 15 is 0 Å². The lowest BCUT2D eigenvalue weighted by Crippen LogP contribution is -2.48. The molecule has 2 fully saturated rings. The van der Waals surface area contributed by atoms with Crippen LogP contribution in [0.3, 0.4) is 0 Å². The highest BCUT2D eigenvalue weighted by Gasteiger charge is 2.39. The van der Waals surface area contributed by atoms with E-state index in [1.165, 1.54) is 4.90 Å². The Bertz CT molecular complexity index is 387. The van der Waals surface area contributed by atoms with Crippen molar-refractivity contribution in [2.24, 2.45) is 5.92 Å². The average Bonchev–Trinajstić information content (AvgIpc) is 2.37. The molecule has 114 valence electrons. The minimum absolute atomic E-state index is 0.0549. The van der Waals surface area contributed by atoms with Crippen LogP contribution in [0.15, 0.2) is 0 Å². The maximum Gasteiger partial charge on any atom is 0.326 e. The van der Waals surface area contributed by atoms with Crippen molar-refractivity contribution >= 4 is 11.9 Å². The number of carbonyl (C=O) groups is 2. The molecular weight excluding hydrogens is 268 g/mol. The van der Waals surface area contributed by atoms with E-state index in [9.17, 15) is 18.4 Å². The Morgan fingerprint density at radius 2 is 1.95 bits per heavy atom. The molecule has 6 heteroatoms. The maximum absolute atomic E-state index is 13.3. The number of halogens is 2. The number of carboxylic acid groups (broad SMARTS) is 1. The molecule has 1 saturated carbocycles. The molecule has 0 aromatic rings. The first kappa shape index (κ1) is 15.2. The molecule has 0 radical (unpaired) electrons. The number of amides is 1. The molecule has 1 amide bonds. The minimum Gasteiger partial charge on any atom is -0.480 e. The fourth-order valence-corrected chi connectivity index (χ4v) is 3.30. The molecule has 2 rings (SSSR count). The predicted octanol–water partition coefficient (Wildman–Crippen LogP) is 2.67. The fraction of sp³-hybridized carbons (Fsp3) is 0.857. The van der Waals surface area contributed by atoms with E-state index in [0.29, 0.717) is 25.8 Å². The molecule has 0 aromatic heterocycles. The van der Waals surface area contributed by atoms with E-state index in [1.54, 1.807) is 0 Å². The van der Waals surface area contributed by atoms with Crippen molar-refractivity contribution in [3.05, 3.63) is 0 Å². The van der Waals surface area contributed by atoms with Crippen LogP contribution in [-0.4, -0.2) is 40.4 Å². The first-order valence-corrected chi connectivity index (χ1v) is 7.29. The third kappa shape index (κ3) is 3.67. The summed E-state index contributed by atoms with van der Waals surface area (Å²) in [6.07, 6.45) is 2.82. The number of alkyl halides is 2. The number of hydrogen-bond acceptors (Lipinski definition) is 2. The molecule has 2 aliphatic rings. The lowest BCUT2D eigenvalue weighted by molar-refractivity contribution is -0.153. The smallest absolute Gasteiger partial charge is 0.326 e. The van der Waals surface area contributed by atoms with Gasteiger partial charge in [-0.1, -0.05) is 0 Å². The van der Waals surface area contributed by atoms with Crippen molar-refractivity contribution < 1.29 is 23.5 Å². The molecule has 1 heterocycles. The largest absolute Gasteiger partial charge is 0.480 e. The zero-order chi connectivity index (χ0) is 14.8. The van der Waals surface area contributed by atoms with Gasteiger partial charge in [0.15, 0.2) is 0 Å².